The molecule has 1 aliphatic heterocycles. The zero-order valence-electron chi connectivity index (χ0n) is 19.0. The lowest BCUT2D eigenvalue weighted by atomic mass is 10.00. The fraction of sp³-hybridized carbons (Fsp3) is 0.850. The van der Waals surface area contributed by atoms with Gasteiger partial charge in [0.25, 0.3) is 0 Å². The molecule has 1 fully saturated rings. The number of hydrogen-bond acceptors (Lipinski definition) is 6. The summed E-state index contributed by atoms with van der Waals surface area (Å²) in [6, 6.07) is -1.78. The Morgan fingerprint density at radius 2 is 1.80 bits per heavy atom. The first-order valence-corrected chi connectivity index (χ1v) is 10.2. The second-order valence-corrected chi connectivity index (χ2v) is 9.00. The lowest BCUT2D eigenvalue weighted by Gasteiger charge is -2.42. The quantitative estimate of drug-likeness (QED) is 0.577. The third-order valence-corrected chi connectivity index (χ3v) is 4.79. The number of nitrogens with zero attached hydrogens (tertiary/aromatic N) is 3. The third-order valence-electron chi connectivity index (χ3n) is 4.79. The number of carboxylic acids is 1. The van der Waals surface area contributed by atoms with E-state index in [1.165, 1.54) is 16.8 Å². The van der Waals surface area contributed by atoms with Gasteiger partial charge in [0.15, 0.2) is 0 Å². The van der Waals surface area contributed by atoms with Gasteiger partial charge < -0.3 is 19.8 Å². The molecule has 0 unspecified atom stereocenters. The van der Waals surface area contributed by atoms with Crippen LogP contribution in [0.2, 0.25) is 0 Å². The Labute approximate surface area is 185 Å². The van der Waals surface area contributed by atoms with Crippen LogP contribution in [0.5, 0.6) is 0 Å². The average Bonchev–Trinajstić information content (AvgIpc) is 2.61. The normalized spacial score (nSPS) is 18.5. The molecule has 1 heterocycles. The van der Waals surface area contributed by atoms with Gasteiger partial charge in [0.1, 0.15) is 17.7 Å². The average molecular weight is 452 g/mol. The number of carbonyl (C=O) groups is 3. The zero-order valence-corrected chi connectivity index (χ0v) is 19.8. The van der Waals surface area contributed by atoms with Crippen LogP contribution in [0.4, 0.5) is 4.79 Å². The number of amides is 2. The molecule has 0 aliphatic carbocycles. The van der Waals surface area contributed by atoms with E-state index in [9.17, 15) is 19.5 Å². The number of aliphatic hydroxyl groups is 1. The molecule has 1 aliphatic rings. The molecule has 0 bridgehead atoms. The Kier molecular flexibility index (Phi) is 11.7. The topological polar surface area (TPSA) is 111 Å². The Bertz CT molecular complexity index is 581. The molecule has 1 rings (SSSR count). The van der Waals surface area contributed by atoms with Gasteiger partial charge in [-0.25, -0.2) is 9.59 Å². The minimum absolute atomic E-state index is 0. The van der Waals surface area contributed by atoms with Crippen LogP contribution in [0.25, 0.3) is 0 Å². The van der Waals surface area contributed by atoms with Crippen LogP contribution in [-0.4, -0.2) is 100 Å². The summed E-state index contributed by atoms with van der Waals surface area (Å²) in [4.78, 5) is 42.3. The van der Waals surface area contributed by atoms with Crippen LogP contribution in [-0.2, 0) is 14.3 Å². The van der Waals surface area contributed by atoms with Crippen LogP contribution < -0.4 is 0 Å². The van der Waals surface area contributed by atoms with Crippen molar-refractivity contribution < 1.29 is 29.3 Å². The van der Waals surface area contributed by atoms with Gasteiger partial charge in [0.05, 0.1) is 0 Å². The highest BCUT2D eigenvalue weighted by atomic mass is 35.5. The molecule has 2 atom stereocenters. The van der Waals surface area contributed by atoms with Crippen molar-refractivity contribution in [3.63, 3.8) is 0 Å². The fourth-order valence-electron chi connectivity index (χ4n) is 3.34. The number of halogens is 1. The smallest absolute Gasteiger partial charge is 0.410 e. The third kappa shape index (κ3) is 8.65. The molecule has 0 aromatic rings. The number of carboxylic acid groups (broad SMARTS) is 1. The number of aliphatic hydroxyl groups excluding tert-OH is 1. The molecule has 9 nitrogen and oxygen atoms in total. The second-order valence-electron chi connectivity index (χ2n) is 9.00. The molecule has 0 saturated carbocycles. The Morgan fingerprint density at radius 3 is 2.27 bits per heavy atom. The number of piperazine rings is 1. The van der Waals surface area contributed by atoms with Crippen molar-refractivity contribution in [3.8, 4) is 0 Å². The zero-order chi connectivity index (χ0) is 22.4. The molecule has 2 N–H and O–H groups in total. The summed E-state index contributed by atoms with van der Waals surface area (Å²) in [5.41, 5.74) is -0.696. The van der Waals surface area contributed by atoms with Crippen LogP contribution in [0.15, 0.2) is 0 Å². The number of likely N-dealkylation sites (N-methyl/N-ethyl adjacent to an activating group) is 1. The SMILES string of the molecule is CC(C)C[C@@H](C(=O)N1CCN(CCCO)C[C@@H]1C(=O)O)N(C)C(=O)OC(C)(C)C.Cl. The van der Waals surface area contributed by atoms with Crippen molar-refractivity contribution in [2.45, 2.75) is 65.1 Å². The molecule has 10 heteroatoms. The summed E-state index contributed by atoms with van der Waals surface area (Å²) >= 11 is 0. The van der Waals surface area contributed by atoms with Crippen molar-refractivity contribution in [3.05, 3.63) is 0 Å². The van der Waals surface area contributed by atoms with Crippen molar-refractivity contribution in [2.75, 3.05) is 39.8 Å². The molecule has 0 aromatic carbocycles. The van der Waals surface area contributed by atoms with E-state index in [4.69, 9.17) is 9.84 Å². The Hall–Kier alpha value is -1.58. The van der Waals surface area contributed by atoms with Gasteiger partial charge in [-0.05, 0) is 39.5 Å². The Balaban J connectivity index is 0.00000841. The standard InChI is InChI=1S/C20H37N3O6.ClH/c1-14(2)12-15(21(6)19(28)29-20(3,4)5)17(25)23-10-9-22(8-7-11-24)13-16(23)18(26)27;/h14-16,24H,7-13H2,1-6H3,(H,26,27);1H/t15-,16+;/m0./s1. The minimum atomic E-state index is -1.07. The molecule has 2 amide bonds. The Morgan fingerprint density at radius 1 is 1.20 bits per heavy atom. The number of aliphatic carboxylic acids is 1. The maximum Gasteiger partial charge on any atom is 0.410 e. The van der Waals surface area contributed by atoms with E-state index < -0.39 is 29.7 Å². The van der Waals surface area contributed by atoms with E-state index in [1.807, 2.05) is 18.7 Å². The number of rotatable bonds is 8. The van der Waals surface area contributed by atoms with E-state index in [0.717, 1.165) is 0 Å². The molecule has 0 spiro atoms. The first kappa shape index (κ1) is 28.4. The van der Waals surface area contributed by atoms with Gasteiger partial charge in [-0.15, -0.1) is 12.4 Å². The molecule has 0 aromatic heterocycles. The van der Waals surface area contributed by atoms with Gasteiger partial charge in [0.2, 0.25) is 5.91 Å². The van der Waals surface area contributed by atoms with Crippen molar-refractivity contribution in [1.29, 1.82) is 0 Å². The van der Waals surface area contributed by atoms with Gasteiger partial charge in [-0.3, -0.25) is 14.6 Å². The van der Waals surface area contributed by atoms with E-state index in [-0.39, 0.29) is 43.9 Å². The summed E-state index contributed by atoms with van der Waals surface area (Å²) in [5.74, 6) is -1.32. The number of carbonyl (C=O) groups excluding carboxylic acids is 2. The van der Waals surface area contributed by atoms with Crippen LogP contribution >= 0.6 is 12.4 Å². The molecule has 176 valence electrons. The second kappa shape index (κ2) is 12.3. The number of ether oxygens (including phenoxy) is 1. The summed E-state index contributed by atoms with van der Waals surface area (Å²) in [7, 11) is 1.52. The summed E-state index contributed by atoms with van der Waals surface area (Å²) < 4.78 is 5.40. The fourth-order valence-corrected chi connectivity index (χ4v) is 3.34. The van der Waals surface area contributed by atoms with Gasteiger partial charge >= 0.3 is 12.1 Å². The molecule has 1 saturated heterocycles. The van der Waals surface area contributed by atoms with E-state index in [2.05, 4.69) is 0 Å². The van der Waals surface area contributed by atoms with Crippen molar-refractivity contribution in [1.82, 2.24) is 14.7 Å². The molecule has 30 heavy (non-hydrogen) atoms. The summed E-state index contributed by atoms with van der Waals surface area (Å²) in [6.45, 7) is 10.8. The minimum Gasteiger partial charge on any atom is -0.480 e. The monoisotopic (exact) mass is 451 g/mol. The molecule has 0 radical (unpaired) electrons. The first-order chi connectivity index (χ1) is 13.4. The van der Waals surface area contributed by atoms with Crippen molar-refractivity contribution in [2.24, 2.45) is 5.92 Å². The van der Waals surface area contributed by atoms with Crippen LogP contribution in [0.1, 0.15) is 47.5 Å². The van der Waals surface area contributed by atoms with E-state index in [0.29, 0.717) is 25.9 Å². The predicted molar refractivity (Wildman–Crippen MR) is 116 cm³/mol. The lowest BCUT2D eigenvalue weighted by molar-refractivity contribution is -0.156. The highest BCUT2D eigenvalue weighted by Gasteiger charge is 2.40. The van der Waals surface area contributed by atoms with E-state index in [1.54, 1.807) is 20.8 Å². The largest absolute Gasteiger partial charge is 0.480 e. The summed E-state index contributed by atoms with van der Waals surface area (Å²) in [5, 5.41) is 18.7. The first-order valence-electron chi connectivity index (χ1n) is 10.2. The highest BCUT2D eigenvalue weighted by molar-refractivity contribution is 5.89. The predicted octanol–water partition coefficient (Wildman–Crippen LogP) is 1.67. The van der Waals surface area contributed by atoms with Gasteiger partial charge in [0, 0.05) is 39.8 Å². The highest BCUT2D eigenvalue weighted by Crippen LogP contribution is 2.20. The van der Waals surface area contributed by atoms with Gasteiger partial charge in [-0.1, -0.05) is 13.8 Å². The lowest BCUT2D eigenvalue weighted by Crippen LogP contribution is -2.62. The molecular weight excluding hydrogens is 414 g/mol. The van der Waals surface area contributed by atoms with E-state index >= 15 is 0 Å². The van der Waals surface area contributed by atoms with Crippen LogP contribution in [0.3, 0.4) is 0 Å². The maximum absolute atomic E-state index is 13.3. The van der Waals surface area contributed by atoms with Gasteiger partial charge in [-0.2, -0.15) is 0 Å². The maximum atomic E-state index is 13.3. The van der Waals surface area contributed by atoms with Crippen LogP contribution in [0, 0.1) is 5.92 Å². The summed E-state index contributed by atoms with van der Waals surface area (Å²) in [6.07, 6.45) is 0.355. The molecular formula is C20H38ClN3O6. The van der Waals surface area contributed by atoms with Crippen molar-refractivity contribution >= 4 is 30.4 Å². The number of hydrogen-bond donors (Lipinski definition) is 2.